The molecule has 0 aromatic carbocycles. The predicted octanol–water partition coefficient (Wildman–Crippen LogP) is 3.10. The van der Waals surface area contributed by atoms with Crippen LogP contribution in [-0.2, 0) is 5.88 Å². The average Bonchev–Trinajstić information content (AvgIpc) is 2.07. The smallest absolute Gasteiger partial charge is 0.267 e. The van der Waals surface area contributed by atoms with Crippen molar-refractivity contribution in [1.29, 1.82) is 0 Å². The first-order valence-corrected chi connectivity index (χ1v) is 4.67. The molecule has 0 saturated carbocycles. The number of nitrogens with zero attached hydrogens (tertiary/aromatic N) is 1. The molecule has 0 radical (unpaired) electrons. The molecular formula is C7H6BrClF2N2. The molecule has 0 unspecified atom stereocenters. The first kappa shape index (κ1) is 10.7. The number of nitrogen functional groups attached to an aromatic ring is 1. The van der Waals surface area contributed by atoms with Crippen molar-refractivity contribution in [3.05, 3.63) is 21.8 Å². The maximum absolute atomic E-state index is 12.5. The Balaban J connectivity index is 3.35. The molecule has 2 N–H and O–H groups in total. The van der Waals surface area contributed by atoms with E-state index < -0.39 is 6.43 Å². The van der Waals surface area contributed by atoms with E-state index in [1.165, 1.54) is 6.20 Å². The van der Waals surface area contributed by atoms with Crippen LogP contribution < -0.4 is 5.73 Å². The van der Waals surface area contributed by atoms with E-state index in [0.717, 1.165) is 0 Å². The molecule has 0 bridgehead atoms. The lowest BCUT2D eigenvalue weighted by molar-refractivity contribution is 0.151. The van der Waals surface area contributed by atoms with Crippen LogP contribution in [0.5, 0.6) is 0 Å². The van der Waals surface area contributed by atoms with Crippen LogP contribution in [0.3, 0.4) is 0 Å². The second-order valence-electron chi connectivity index (χ2n) is 2.32. The van der Waals surface area contributed by atoms with Crippen LogP contribution in [-0.4, -0.2) is 4.98 Å². The molecule has 1 aromatic rings. The summed E-state index contributed by atoms with van der Waals surface area (Å²) in [7, 11) is 0. The van der Waals surface area contributed by atoms with E-state index in [4.69, 9.17) is 17.3 Å². The maximum atomic E-state index is 12.5. The van der Waals surface area contributed by atoms with Crippen LogP contribution >= 0.6 is 27.5 Å². The quantitative estimate of drug-likeness (QED) is 0.840. The number of halogens is 4. The molecule has 0 spiro atoms. The first-order chi connectivity index (χ1) is 6.07. The van der Waals surface area contributed by atoms with Crippen molar-refractivity contribution in [1.82, 2.24) is 4.98 Å². The second kappa shape index (κ2) is 4.19. The fraction of sp³-hybridized carbons (Fsp3) is 0.286. The minimum atomic E-state index is -2.65. The molecule has 0 amide bonds. The Morgan fingerprint density at radius 2 is 2.23 bits per heavy atom. The third-order valence-corrected chi connectivity index (χ3v) is 2.51. The van der Waals surface area contributed by atoms with Crippen molar-refractivity contribution in [2.24, 2.45) is 0 Å². The van der Waals surface area contributed by atoms with E-state index >= 15 is 0 Å². The first-order valence-electron chi connectivity index (χ1n) is 3.34. The molecule has 2 nitrogen and oxygen atoms in total. The summed E-state index contributed by atoms with van der Waals surface area (Å²) in [6.45, 7) is 0. The zero-order chi connectivity index (χ0) is 10.0. The summed E-state index contributed by atoms with van der Waals surface area (Å²) in [6, 6.07) is 0. The number of hydrogen-bond acceptors (Lipinski definition) is 2. The van der Waals surface area contributed by atoms with Crippen LogP contribution in [0.15, 0.2) is 10.7 Å². The number of aromatic nitrogens is 1. The van der Waals surface area contributed by atoms with Crippen molar-refractivity contribution >= 4 is 33.3 Å². The van der Waals surface area contributed by atoms with Crippen molar-refractivity contribution in [3.8, 4) is 0 Å². The summed E-state index contributed by atoms with van der Waals surface area (Å²) >= 11 is 8.58. The Bertz CT molecular complexity index is 320. The van der Waals surface area contributed by atoms with Gasteiger partial charge in [-0.15, -0.1) is 11.6 Å². The van der Waals surface area contributed by atoms with Crippen molar-refractivity contribution in [3.63, 3.8) is 0 Å². The van der Waals surface area contributed by atoms with Gasteiger partial charge >= 0.3 is 0 Å². The molecule has 0 saturated heterocycles. The zero-order valence-electron chi connectivity index (χ0n) is 6.40. The number of pyridine rings is 1. The highest BCUT2D eigenvalue weighted by Gasteiger charge is 2.19. The molecule has 0 aliphatic rings. The lowest BCUT2D eigenvalue weighted by Crippen LogP contribution is -2.03. The molecule has 6 heteroatoms. The van der Waals surface area contributed by atoms with Gasteiger partial charge in [-0.1, -0.05) is 0 Å². The Labute approximate surface area is 87.2 Å². The lowest BCUT2D eigenvalue weighted by atomic mass is 10.1. The van der Waals surface area contributed by atoms with Crippen LogP contribution in [0.4, 0.5) is 14.6 Å². The van der Waals surface area contributed by atoms with E-state index in [2.05, 4.69) is 20.9 Å². The Morgan fingerprint density at radius 1 is 1.62 bits per heavy atom. The summed E-state index contributed by atoms with van der Waals surface area (Å²) in [4.78, 5) is 3.60. The minimum Gasteiger partial charge on any atom is -0.383 e. The molecule has 13 heavy (non-hydrogen) atoms. The van der Waals surface area contributed by atoms with Crippen LogP contribution in [0.25, 0.3) is 0 Å². The van der Waals surface area contributed by atoms with Gasteiger partial charge in [-0.05, 0) is 21.5 Å². The minimum absolute atomic E-state index is 0.0209. The Kier molecular flexibility index (Phi) is 3.44. The Hall–Kier alpha value is -0.420. The van der Waals surface area contributed by atoms with Crippen LogP contribution in [0.1, 0.15) is 17.6 Å². The zero-order valence-corrected chi connectivity index (χ0v) is 8.74. The van der Waals surface area contributed by atoms with Crippen LogP contribution in [0.2, 0.25) is 0 Å². The number of rotatable bonds is 2. The van der Waals surface area contributed by atoms with Gasteiger partial charge in [0.25, 0.3) is 6.43 Å². The van der Waals surface area contributed by atoms with E-state index in [1.54, 1.807) is 0 Å². The van der Waals surface area contributed by atoms with Crippen molar-refractivity contribution < 1.29 is 8.78 Å². The molecule has 0 atom stereocenters. The number of nitrogens with two attached hydrogens (primary N) is 1. The standard InChI is InChI=1S/C7H6BrClF2N2/c8-4-2-13-7(12)5(6(10)11)3(4)1-9/h2,6H,1H2,(H2,12,13). The molecule has 0 fully saturated rings. The fourth-order valence-electron chi connectivity index (χ4n) is 0.936. The molecule has 72 valence electrons. The summed E-state index contributed by atoms with van der Waals surface area (Å²) < 4.78 is 25.4. The summed E-state index contributed by atoms with van der Waals surface area (Å²) in [5.41, 5.74) is 5.30. The predicted molar refractivity (Wildman–Crippen MR) is 50.9 cm³/mol. The van der Waals surface area contributed by atoms with Crippen LogP contribution in [0, 0.1) is 0 Å². The van der Waals surface area contributed by atoms with Gasteiger partial charge in [0.2, 0.25) is 0 Å². The van der Waals surface area contributed by atoms with Gasteiger partial charge in [-0.3, -0.25) is 0 Å². The van der Waals surface area contributed by atoms with Crippen molar-refractivity contribution in [2.75, 3.05) is 5.73 Å². The number of hydrogen-bond donors (Lipinski definition) is 1. The molecule has 0 aliphatic heterocycles. The van der Waals surface area contributed by atoms with Gasteiger partial charge < -0.3 is 5.73 Å². The number of anilines is 1. The highest BCUT2D eigenvalue weighted by Crippen LogP contribution is 2.32. The third kappa shape index (κ3) is 2.08. The van der Waals surface area contributed by atoms with Gasteiger partial charge in [0.1, 0.15) is 5.82 Å². The van der Waals surface area contributed by atoms with Crippen molar-refractivity contribution in [2.45, 2.75) is 12.3 Å². The van der Waals surface area contributed by atoms with E-state index in [1.807, 2.05) is 0 Å². The van der Waals surface area contributed by atoms with Gasteiger partial charge in [-0.25, -0.2) is 13.8 Å². The van der Waals surface area contributed by atoms with E-state index in [9.17, 15) is 8.78 Å². The van der Waals surface area contributed by atoms with Gasteiger partial charge in [-0.2, -0.15) is 0 Å². The second-order valence-corrected chi connectivity index (χ2v) is 3.44. The molecule has 1 heterocycles. The normalized spacial score (nSPS) is 10.8. The van der Waals surface area contributed by atoms with E-state index in [-0.39, 0.29) is 17.3 Å². The number of alkyl halides is 3. The van der Waals surface area contributed by atoms with E-state index in [0.29, 0.717) is 10.0 Å². The molecular weight excluding hydrogens is 265 g/mol. The fourth-order valence-corrected chi connectivity index (χ4v) is 1.84. The molecule has 1 aromatic heterocycles. The molecule has 0 aliphatic carbocycles. The SMILES string of the molecule is Nc1ncc(Br)c(CCl)c1C(F)F. The molecule has 1 rings (SSSR count). The average molecular weight is 271 g/mol. The summed E-state index contributed by atoms with van der Waals surface area (Å²) in [5.74, 6) is -0.193. The monoisotopic (exact) mass is 270 g/mol. The largest absolute Gasteiger partial charge is 0.383 e. The van der Waals surface area contributed by atoms with Gasteiger partial charge in [0.15, 0.2) is 0 Å². The summed E-state index contributed by atoms with van der Waals surface area (Å²) in [6.07, 6.45) is -1.29. The highest BCUT2D eigenvalue weighted by molar-refractivity contribution is 9.10. The third-order valence-electron chi connectivity index (χ3n) is 1.56. The lowest BCUT2D eigenvalue weighted by Gasteiger charge is -2.09. The Morgan fingerprint density at radius 3 is 2.62 bits per heavy atom. The van der Waals surface area contributed by atoms with Gasteiger partial charge in [0.05, 0.1) is 5.56 Å². The topological polar surface area (TPSA) is 38.9 Å². The van der Waals surface area contributed by atoms with Gasteiger partial charge in [0, 0.05) is 16.5 Å². The highest BCUT2D eigenvalue weighted by atomic mass is 79.9. The maximum Gasteiger partial charge on any atom is 0.267 e. The summed E-state index contributed by atoms with van der Waals surface area (Å²) in [5, 5.41) is 0.